The lowest BCUT2D eigenvalue weighted by Gasteiger charge is -2.13. The number of nitrogens with zero attached hydrogens (tertiary/aromatic N) is 1. The molecule has 1 aliphatic rings. The zero-order chi connectivity index (χ0) is 18.2. The van der Waals surface area contributed by atoms with E-state index in [4.69, 9.17) is 28.9 Å². The number of hydrogen-bond acceptors (Lipinski definition) is 4. The van der Waals surface area contributed by atoms with Crippen LogP contribution >= 0.6 is 23.2 Å². The van der Waals surface area contributed by atoms with Crippen LogP contribution in [0.1, 0.15) is 12.8 Å². The van der Waals surface area contributed by atoms with Crippen molar-refractivity contribution in [1.82, 2.24) is 4.98 Å². The van der Waals surface area contributed by atoms with Gasteiger partial charge in [0, 0.05) is 22.4 Å². The highest BCUT2D eigenvalue weighted by Crippen LogP contribution is 2.30. The lowest BCUT2D eigenvalue weighted by Crippen LogP contribution is -2.33. The van der Waals surface area contributed by atoms with Gasteiger partial charge in [-0.15, -0.1) is 13.2 Å². The van der Waals surface area contributed by atoms with Crippen molar-refractivity contribution in [3.63, 3.8) is 0 Å². The fourth-order valence-electron chi connectivity index (χ4n) is 2.44. The number of hydrogen-bond donors (Lipinski definition) is 2. The van der Waals surface area contributed by atoms with Gasteiger partial charge in [-0.3, -0.25) is 0 Å². The molecule has 0 radical (unpaired) electrons. The van der Waals surface area contributed by atoms with E-state index < -0.39 is 12.1 Å². The third-order valence-electron chi connectivity index (χ3n) is 3.50. The summed E-state index contributed by atoms with van der Waals surface area (Å²) in [6.45, 7) is 0. The van der Waals surface area contributed by atoms with Gasteiger partial charge in [-0.1, -0.05) is 29.3 Å². The number of ether oxygens (including phenoxy) is 1. The molecule has 0 unspecified atom stereocenters. The normalized spacial score (nSPS) is 13.9. The van der Waals surface area contributed by atoms with Crippen LogP contribution in [0.4, 0.5) is 30.4 Å². The summed E-state index contributed by atoms with van der Waals surface area (Å²) in [4.78, 5) is 4.41. The summed E-state index contributed by atoms with van der Waals surface area (Å²) in [5.41, 5.74) is 6.22. The average Bonchev–Trinajstić information content (AvgIpc) is 2.50. The molecule has 1 aromatic carbocycles. The number of fused-ring (bicyclic) bond motifs is 1. The third-order valence-corrected chi connectivity index (χ3v) is 4.18. The van der Waals surface area contributed by atoms with Crippen molar-refractivity contribution in [3.05, 3.63) is 39.9 Å². The van der Waals surface area contributed by atoms with E-state index in [1.54, 1.807) is 6.07 Å². The number of halogens is 5. The Balaban J connectivity index is 1.93. The maximum atomic E-state index is 12.2. The van der Waals surface area contributed by atoms with Crippen molar-refractivity contribution >= 4 is 51.5 Å². The Morgan fingerprint density at radius 2 is 1.96 bits per heavy atom. The second-order valence-electron chi connectivity index (χ2n) is 5.32. The van der Waals surface area contributed by atoms with Gasteiger partial charge in [0.15, 0.2) is 0 Å². The molecule has 0 fully saturated rings. The molecule has 4 nitrogen and oxygen atoms in total. The molecule has 1 aromatic heterocycles. The number of nitrogen functional groups attached to an aromatic ring is 1. The van der Waals surface area contributed by atoms with E-state index in [-0.39, 0.29) is 5.69 Å². The Hall–Kier alpha value is -2.12. The zero-order valence-electron chi connectivity index (χ0n) is 12.6. The highest BCUT2D eigenvalue weighted by molar-refractivity contribution is 6.45. The minimum Gasteiger partial charge on any atom is -0.406 e. The van der Waals surface area contributed by atoms with E-state index >= 15 is 0 Å². The van der Waals surface area contributed by atoms with Crippen LogP contribution in [-0.2, 0) is 0 Å². The van der Waals surface area contributed by atoms with Crippen LogP contribution in [0.25, 0.3) is 11.1 Å². The summed E-state index contributed by atoms with van der Waals surface area (Å²) < 4.78 is 40.5. The lowest BCUT2D eigenvalue weighted by atomic mass is 10.1. The molecule has 1 aliphatic carbocycles. The predicted molar refractivity (Wildman–Crippen MR) is 92.3 cm³/mol. The fraction of sp³-hybridized carbons (Fsp3) is 0.188. The van der Waals surface area contributed by atoms with E-state index in [1.807, 2.05) is 6.08 Å². The Morgan fingerprint density at radius 3 is 2.64 bits per heavy atom. The molecule has 2 aromatic rings. The molecule has 0 saturated heterocycles. The molecule has 3 N–H and O–H groups in total. The monoisotopic (exact) mass is 389 g/mol. The second kappa shape index (κ2) is 6.65. The van der Waals surface area contributed by atoms with Crippen LogP contribution < -0.4 is 26.4 Å². The van der Waals surface area contributed by atoms with Crippen LogP contribution in [0.5, 0.6) is 5.75 Å². The van der Waals surface area contributed by atoms with Gasteiger partial charge >= 0.3 is 6.36 Å². The standard InChI is InChI=1S/C16H12Cl2F3N3O/c17-10-3-1-2-9-11(18)7-14(24-15(9)10)23-13-5-4-8(6-12(13)22)25-16(19,20)21/h2,4-7H,1,3,22H2,(H,23,24). The van der Waals surface area contributed by atoms with E-state index in [2.05, 4.69) is 15.0 Å². The van der Waals surface area contributed by atoms with Crippen LogP contribution in [-0.4, -0.2) is 11.3 Å². The summed E-state index contributed by atoms with van der Waals surface area (Å²) >= 11 is 12.5. The molecule has 0 spiro atoms. The molecule has 9 heteroatoms. The first-order valence-corrected chi connectivity index (χ1v) is 7.96. The Kier molecular flexibility index (Phi) is 4.71. The maximum Gasteiger partial charge on any atom is 0.573 e. The minimum atomic E-state index is -4.78. The second-order valence-corrected chi connectivity index (χ2v) is 6.18. The smallest absolute Gasteiger partial charge is 0.406 e. The first-order chi connectivity index (χ1) is 11.7. The van der Waals surface area contributed by atoms with Crippen LogP contribution in [0.2, 0.25) is 5.02 Å². The largest absolute Gasteiger partial charge is 0.573 e. The van der Waals surface area contributed by atoms with Gasteiger partial charge in [0.05, 0.1) is 21.7 Å². The quantitative estimate of drug-likeness (QED) is 0.782. The van der Waals surface area contributed by atoms with Crippen LogP contribution in [0, 0.1) is 0 Å². The number of alkyl halides is 3. The first kappa shape index (κ1) is 17.7. The SMILES string of the molecule is Nc1cc(OC(F)(F)F)ccc1Nc1cc(Cl)c2c(n1)=C(Cl)CCC=2. The number of pyridine rings is 1. The van der Waals surface area contributed by atoms with E-state index in [0.29, 0.717) is 33.3 Å². The van der Waals surface area contributed by atoms with Gasteiger partial charge in [-0.05, 0) is 25.0 Å². The van der Waals surface area contributed by atoms with E-state index in [0.717, 1.165) is 23.8 Å². The average molecular weight is 390 g/mol. The topological polar surface area (TPSA) is 60.2 Å². The molecule has 25 heavy (non-hydrogen) atoms. The molecule has 0 amide bonds. The van der Waals surface area contributed by atoms with Crippen molar-refractivity contribution in [2.75, 3.05) is 11.1 Å². The molecule has 0 atom stereocenters. The summed E-state index contributed by atoms with van der Waals surface area (Å²) in [7, 11) is 0. The van der Waals surface area contributed by atoms with Gasteiger partial charge in [-0.25, -0.2) is 4.98 Å². The number of aromatic nitrogens is 1. The molecule has 3 rings (SSSR count). The van der Waals surface area contributed by atoms with Crippen molar-refractivity contribution in [2.45, 2.75) is 19.2 Å². The fourth-order valence-corrected chi connectivity index (χ4v) is 2.96. The van der Waals surface area contributed by atoms with Gasteiger partial charge in [0.1, 0.15) is 11.6 Å². The predicted octanol–water partition coefficient (Wildman–Crippen LogP) is 3.88. The maximum absolute atomic E-state index is 12.2. The van der Waals surface area contributed by atoms with E-state index in [1.165, 1.54) is 6.07 Å². The van der Waals surface area contributed by atoms with Crippen LogP contribution in [0.15, 0.2) is 24.3 Å². The summed E-state index contributed by atoms with van der Waals surface area (Å²) in [5, 5.41) is 5.36. The zero-order valence-corrected chi connectivity index (χ0v) is 14.1. The molecule has 0 saturated carbocycles. The van der Waals surface area contributed by atoms with Gasteiger partial charge < -0.3 is 15.8 Å². The van der Waals surface area contributed by atoms with Crippen molar-refractivity contribution in [2.24, 2.45) is 0 Å². The number of nitrogens with one attached hydrogen (secondary N) is 1. The Bertz CT molecular complexity index is 945. The molecule has 132 valence electrons. The minimum absolute atomic E-state index is 0.0685. The highest BCUT2D eigenvalue weighted by Gasteiger charge is 2.31. The highest BCUT2D eigenvalue weighted by atomic mass is 35.5. The molecule has 0 bridgehead atoms. The summed E-state index contributed by atoms with van der Waals surface area (Å²) in [6.07, 6.45) is -1.36. The third kappa shape index (κ3) is 4.11. The number of nitrogens with two attached hydrogens (primary N) is 1. The van der Waals surface area contributed by atoms with Crippen molar-refractivity contribution in [1.29, 1.82) is 0 Å². The van der Waals surface area contributed by atoms with Crippen molar-refractivity contribution in [3.8, 4) is 5.75 Å². The Morgan fingerprint density at radius 1 is 1.20 bits per heavy atom. The number of benzene rings is 1. The summed E-state index contributed by atoms with van der Waals surface area (Å²) in [6, 6.07) is 5.19. The molecule has 1 heterocycles. The van der Waals surface area contributed by atoms with Crippen LogP contribution in [0.3, 0.4) is 0 Å². The van der Waals surface area contributed by atoms with Gasteiger partial charge in [0.25, 0.3) is 0 Å². The van der Waals surface area contributed by atoms with E-state index in [9.17, 15) is 13.2 Å². The first-order valence-electron chi connectivity index (χ1n) is 7.20. The number of anilines is 3. The molecular formula is C16H12Cl2F3N3O. The lowest BCUT2D eigenvalue weighted by molar-refractivity contribution is -0.274. The van der Waals surface area contributed by atoms with Gasteiger partial charge in [-0.2, -0.15) is 0 Å². The van der Waals surface area contributed by atoms with Crippen molar-refractivity contribution < 1.29 is 17.9 Å². The summed E-state index contributed by atoms with van der Waals surface area (Å²) in [5.74, 6) is -0.0219. The Labute approximate surface area is 150 Å². The molecular weight excluding hydrogens is 378 g/mol. The van der Waals surface area contributed by atoms with Gasteiger partial charge in [0.2, 0.25) is 0 Å². The molecule has 0 aliphatic heterocycles. The number of rotatable bonds is 3.